The lowest BCUT2D eigenvalue weighted by atomic mass is 10.1. The first-order valence-electron chi connectivity index (χ1n) is 9.47. The van der Waals surface area contributed by atoms with E-state index in [1.165, 1.54) is 22.2 Å². The summed E-state index contributed by atoms with van der Waals surface area (Å²) in [5.74, 6) is 0.913. The highest BCUT2D eigenvalue weighted by Gasteiger charge is 2.23. The number of aryl methyl sites for hydroxylation is 2. The molecule has 0 fully saturated rings. The van der Waals surface area contributed by atoms with Gasteiger partial charge in [-0.3, -0.25) is 14.2 Å². The molecule has 0 radical (unpaired) electrons. The Morgan fingerprint density at radius 1 is 1.31 bits per heavy atom. The summed E-state index contributed by atoms with van der Waals surface area (Å²) in [4.78, 5) is 32.7. The number of Topliss-reactive ketones (excluding diaryl/α,β-unsaturated/α-hetero) is 1. The topological polar surface area (TPSA) is 61.2 Å². The van der Waals surface area contributed by atoms with Crippen LogP contribution < -0.4 is 10.3 Å². The molecular weight excluding hydrogens is 404 g/mol. The molecular formula is C22H22N2O3S2. The predicted octanol–water partition coefficient (Wildman–Crippen LogP) is 4.51. The van der Waals surface area contributed by atoms with E-state index in [1.807, 2.05) is 6.92 Å². The summed E-state index contributed by atoms with van der Waals surface area (Å²) in [6.45, 7) is 6.26. The molecule has 0 atom stereocenters. The van der Waals surface area contributed by atoms with Crippen molar-refractivity contribution in [2.45, 2.75) is 37.9 Å². The predicted molar refractivity (Wildman–Crippen MR) is 119 cm³/mol. The molecule has 1 aliphatic carbocycles. The van der Waals surface area contributed by atoms with Crippen molar-refractivity contribution in [1.29, 1.82) is 0 Å². The number of fused-ring (bicyclic) bond motifs is 3. The molecule has 0 amide bonds. The van der Waals surface area contributed by atoms with Crippen LogP contribution in [0.2, 0.25) is 0 Å². The number of carbonyl (C=O) groups is 1. The molecule has 0 saturated carbocycles. The van der Waals surface area contributed by atoms with Crippen LogP contribution in [0.3, 0.4) is 0 Å². The van der Waals surface area contributed by atoms with Gasteiger partial charge in [-0.1, -0.05) is 23.9 Å². The molecule has 4 rings (SSSR count). The second-order valence-corrected chi connectivity index (χ2v) is 9.25. The minimum Gasteiger partial charge on any atom is -0.497 e. The monoisotopic (exact) mass is 426 g/mol. The Kier molecular flexibility index (Phi) is 5.61. The van der Waals surface area contributed by atoms with Crippen LogP contribution in [0.15, 0.2) is 46.4 Å². The van der Waals surface area contributed by atoms with Crippen molar-refractivity contribution in [2.75, 3.05) is 12.9 Å². The Bertz CT molecular complexity index is 1160. The molecule has 0 spiro atoms. The van der Waals surface area contributed by atoms with E-state index in [1.54, 1.807) is 47.3 Å². The minimum absolute atomic E-state index is 0.0115. The van der Waals surface area contributed by atoms with Crippen LogP contribution in [0, 0.1) is 0 Å². The largest absolute Gasteiger partial charge is 0.497 e. The third-order valence-corrected chi connectivity index (χ3v) is 7.12. The van der Waals surface area contributed by atoms with Crippen LogP contribution in [0.4, 0.5) is 0 Å². The lowest BCUT2D eigenvalue weighted by Gasteiger charge is -2.12. The maximum atomic E-state index is 13.3. The van der Waals surface area contributed by atoms with Gasteiger partial charge in [0.05, 0.1) is 18.2 Å². The molecule has 5 nitrogen and oxygen atoms in total. The van der Waals surface area contributed by atoms with Gasteiger partial charge in [-0.05, 0) is 56.0 Å². The zero-order valence-corrected chi connectivity index (χ0v) is 18.1. The van der Waals surface area contributed by atoms with Gasteiger partial charge in [0.15, 0.2) is 10.9 Å². The number of aromatic nitrogens is 2. The summed E-state index contributed by atoms with van der Waals surface area (Å²) >= 11 is 2.93. The molecule has 2 aromatic heterocycles. The lowest BCUT2D eigenvalue weighted by Crippen LogP contribution is -2.24. The highest BCUT2D eigenvalue weighted by Crippen LogP contribution is 2.35. The first-order valence-corrected chi connectivity index (χ1v) is 11.3. The zero-order valence-electron chi connectivity index (χ0n) is 16.5. The van der Waals surface area contributed by atoms with E-state index in [-0.39, 0.29) is 17.1 Å². The molecule has 2 heterocycles. The van der Waals surface area contributed by atoms with Gasteiger partial charge in [0.1, 0.15) is 10.6 Å². The number of hydrogen-bond acceptors (Lipinski definition) is 6. The number of methoxy groups -OCH3 is 1. The van der Waals surface area contributed by atoms with E-state index in [0.29, 0.717) is 23.0 Å². The zero-order chi connectivity index (χ0) is 20.5. The van der Waals surface area contributed by atoms with E-state index in [9.17, 15) is 9.59 Å². The maximum absolute atomic E-state index is 13.3. The number of thiophene rings is 1. The Hall–Kier alpha value is -2.38. The fourth-order valence-electron chi connectivity index (χ4n) is 3.57. The molecule has 7 heteroatoms. The van der Waals surface area contributed by atoms with E-state index in [2.05, 4.69) is 6.58 Å². The normalized spacial score (nSPS) is 12.9. The summed E-state index contributed by atoms with van der Waals surface area (Å²) in [5, 5.41) is 1.34. The summed E-state index contributed by atoms with van der Waals surface area (Å²) in [7, 11) is 1.59. The van der Waals surface area contributed by atoms with Gasteiger partial charge in [0.2, 0.25) is 0 Å². The number of ketones is 1. The number of hydrogen-bond donors (Lipinski definition) is 0. The second kappa shape index (κ2) is 8.16. The molecule has 1 aliphatic rings. The summed E-state index contributed by atoms with van der Waals surface area (Å²) in [5.41, 5.74) is 2.65. The fraction of sp³-hybridized carbons (Fsp3) is 0.318. The maximum Gasteiger partial charge on any atom is 0.263 e. The standard InChI is InChI=1S/C22H22N2O3S2/c1-13(2)11-24-21(26)19-16-5-4-6-18(16)29-20(19)23-22(24)28-12-17(25)14-7-9-15(27-3)10-8-14/h7-10H,1,4-6,11-12H2,2-3H3. The van der Waals surface area contributed by atoms with Crippen molar-refractivity contribution >= 4 is 39.1 Å². The molecule has 0 N–H and O–H groups in total. The SMILES string of the molecule is C=C(C)Cn1c(SCC(=O)c2ccc(OC)cc2)nc2sc3c(c2c1=O)CCC3. The van der Waals surface area contributed by atoms with Crippen LogP contribution >= 0.6 is 23.1 Å². The van der Waals surface area contributed by atoms with Crippen molar-refractivity contribution < 1.29 is 9.53 Å². The van der Waals surface area contributed by atoms with Crippen molar-refractivity contribution in [3.63, 3.8) is 0 Å². The van der Waals surface area contributed by atoms with Crippen LogP contribution in [0.1, 0.15) is 34.1 Å². The first kappa shape index (κ1) is 19.9. The van der Waals surface area contributed by atoms with Crippen LogP contribution in [0.5, 0.6) is 5.75 Å². The summed E-state index contributed by atoms with van der Waals surface area (Å²) in [6, 6.07) is 7.05. The van der Waals surface area contributed by atoms with Gasteiger partial charge in [0.25, 0.3) is 5.56 Å². The molecule has 0 bridgehead atoms. The number of rotatable bonds is 7. The Balaban J connectivity index is 1.65. The highest BCUT2D eigenvalue weighted by molar-refractivity contribution is 7.99. The van der Waals surface area contributed by atoms with Crippen molar-refractivity contribution in [3.05, 3.63) is 62.8 Å². The van der Waals surface area contributed by atoms with Gasteiger partial charge in [-0.15, -0.1) is 11.3 Å². The minimum atomic E-state index is -0.0169. The van der Waals surface area contributed by atoms with Gasteiger partial charge in [0, 0.05) is 17.0 Å². The third kappa shape index (κ3) is 3.89. The van der Waals surface area contributed by atoms with Gasteiger partial charge in [-0.25, -0.2) is 4.98 Å². The van der Waals surface area contributed by atoms with E-state index in [4.69, 9.17) is 9.72 Å². The molecule has 150 valence electrons. The summed E-state index contributed by atoms with van der Waals surface area (Å²) in [6.07, 6.45) is 3.07. The van der Waals surface area contributed by atoms with Crippen molar-refractivity contribution in [3.8, 4) is 5.75 Å². The Morgan fingerprint density at radius 2 is 2.07 bits per heavy atom. The average molecular weight is 427 g/mol. The number of benzene rings is 1. The van der Waals surface area contributed by atoms with Crippen molar-refractivity contribution in [2.24, 2.45) is 0 Å². The number of carbonyl (C=O) groups excluding carboxylic acids is 1. The number of nitrogens with zero attached hydrogens (tertiary/aromatic N) is 2. The van der Waals surface area contributed by atoms with E-state index < -0.39 is 0 Å². The number of ether oxygens (including phenoxy) is 1. The lowest BCUT2D eigenvalue weighted by molar-refractivity contribution is 0.102. The van der Waals surface area contributed by atoms with E-state index in [0.717, 1.165) is 35.1 Å². The molecule has 0 saturated heterocycles. The van der Waals surface area contributed by atoms with E-state index >= 15 is 0 Å². The fourth-order valence-corrected chi connectivity index (χ4v) is 5.76. The molecule has 3 aromatic rings. The highest BCUT2D eigenvalue weighted by atomic mass is 32.2. The third-order valence-electron chi connectivity index (χ3n) is 4.96. The summed E-state index contributed by atoms with van der Waals surface area (Å²) < 4.78 is 6.81. The van der Waals surface area contributed by atoms with Crippen molar-refractivity contribution in [1.82, 2.24) is 9.55 Å². The Morgan fingerprint density at radius 3 is 2.76 bits per heavy atom. The van der Waals surface area contributed by atoms with Gasteiger partial charge < -0.3 is 4.74 Å². The molecule has 1 aromatic carbocycles. The van der Waals surface area contributed by atoms with Gasteiger partial charge >= 0.3 is 0 Å². The number of allylic oxidation sites excluding steroid dienone is 1. The van der Waals surface area contributed by atoms with Crippen LogP contribution in [0.25, 0.3) is 10.2 Å². The molecule has 0 unspecified atom stereocenters. The van der Waals surface area contributed by atoms with Crippen LogP contribution in [-0.2, 0) is 19.4 Å². The number of thioether (sulfide) groups is 1. The molecule has 0 aliphatic heterocycles. The quantitative estimate of drug-likeness (QED) is 0.241. The second-order valence-electron chi connectivity index (χ2n) is 7.22. The Labute approximate surface area is 177 Å². The average Bonchev–Trinajstić information content (AvgIpc) is 3.29. The van der Waals surface area contributed by atoms with Crippen LogP contribution in [-0.4, -0.2) is 28.2 Å². The molecule has 29 heavy (non-hydrogen) atoms. The van der Waals surface area contributed by atoms with Gasteiger partial charge in [-0.2, -0.15) is 0 Å². The first-order chi connectivity index (χ1) is 14.0. The smallest absolute Gasteiger partial charge is 0.263 e.